The maximum atomic E-state index is 12.2. The molecule has 1 amide bonds. The number of amides is 1. The first kappa shape index (κ1) is 13.9. The zero-order valence-electron chi connectivity index (χ0n) is 11.6. The van der Waals surface area contributed by atoms with E-state index in [2.05, 4.69) is 25.5 Å². The van der Waals surface area contributed by atoms with Gasteiger partial charge in [0.2, 0.25) is 5.89 Å². The summed E-state index contributed by atoms with van der Waals surface area (Å²) in [6.45, 7) is 3.87. The van der Waals surface area contributed by atoms with E-state index in [-0.39, 0.29) is 22.6 Å². The number of hydrogen-bond acceptors (Lipinski definition) is 6. The lowest BCUT2D eigenvalue weighted by molar-refractivity contribution is 0.101. The molecule has 1 aliphatic carbocycles. The Hall–Kier alpha value is -2.02. The Morgan fingerprint density at radius 2 is 2.19 bits per heavy atom. The summed E-state index contributed by atoms with van der Waals surface area (Å²) < 4.78 is 5.38. The van der Waals surface area contributed by atoms with Gasteiger partial charge >= 0.3 is 6.01 Å². The maximum Gasteiger partial charge on any atom is 0.322 e. The monoisotopic (exact) mass is 307 g/mol. The summed E-state index contributed by atoms with van der Waals surface area (Å²) in [5, 5.41) is 10.4. The number of carbonyl (C=O) groups is 1. The van der Waals surface area contributed by atoms with Gasteiger partial charge in [-0.05, 0) is 12.8 Å². The predicted molar refractivity (Wildman–Crippen MR) is 75.4 cm³/mol. The van der Waals surface area contributed by atoms with Crippen LogP contribution in [0.2, 0.25) is 5.02 Å². The smallest absolute Gasteiger partial charge is 0.322 e. The van der Waals surface area contributed by atoms with E-state index >= 15 is 0 Å². The van der Waals surface area contributed by atoms with Crippen molar-refractivity contribution in [1.29, 1.82) is 0 Å². The first-order valence-corrected chi connectivity index (χ1v) is 7.09. The third-order valence-electron chi connectivity index (χ3n) is 3.08. The van der Waals surface area contributed by atoms with Crippen LogP contribution in [0.15, 0.2) is 10.6 Å². The quantitative estimate of drug-likeness (QED) is 0.933. The Balaban J connectivity index is 1.78. The molecule has 0 spiro atoms. The van der Waals surface area contributed by atoms with Crippen molar-refractivity contribution in [2.24, 2.45) is 0 Å². The van der Waals surface area contributed by atoms with Gasteiger partial charge in [-0.1, -0.05) is 30.5 Å². The summed E-state index contributed by atoms with van der Waals surface area (Å²) >= 11 is 5.98. The largest absolute Gasteiger partial charge is 0.408 e. The van der Waals surface area contributed by atoms with E-state index in [1.54, 1.807) is 0 Å². The van der Waals surface area contributed by atoms with E-state index in [9.17, 15) is 4.79 Å². The molecule has 1 saturated carbocycles. The van der Waals surface area contributed by atoms with Crippen LogP contribution in [0.5, 0.6) is 0 Å². The summed E-state index contributed by atoms with van der Waals surface area (Å²) in [6, 6.07) is 0.0580. The molecule has 0 saturated heterocycles. The molecule has 0 aromatic carbocycles. The van der Waals surface area contributed by atoms with Crippen LogP contribution in [0.1, 0.15) is 60.7 Å². The highest BCUT2D eigenvalue weighted by molar-refractivity contribution is 6.33. The predicted octanol–water partition coefficient (Wildman–Crippen LogP) is 2.77. The van der Waals surface area contributed by atoms with Crippen LogP contribution < -0.4 is 5.32 Å². The minimum absolute atomic E-state index is 0.0580. The van der Waals surface area contributed by atoms with Crippen molar-refractivity contribution < 1.29 is 9.21 Å². The molecule has 2 aromatic heterocycles. The van der Waals surface area contributed by atoms with Crippen LogP contribution in [0.4, 0.5) is 6.01 Å². The fourth-order valence-electron chi connectivity index (χ4n) is 1.75. The third-order valence-corrected chi connectivity index (χ3v) is 3.36. The molecule has 3 rings (SSSR count). The molecule has 2 heterocycles. The maximum absolute atomic E-state index is 12.2. The molecule has 2 aromatic rings. The van der Waals surface area contributed by atoms with Crippen molar-refractivity contribution in [1.82, 2.24) is 20.2 Å². The van der Waals surface area contributed by atoms with Gasteiger partial charge in [-0.3, -0.25) is 10.1 Å². The molecule has 1 aliphatic rings. The molecular formula is C13H14ClN5O2. The summed E-state index contributed by atoms with van der Waals surface area (Å²) in [5.41, 5.74) is 0.0986. The molecule has 21 heavy (non-hydrogen) atoms. The molecule has 0 atom stereocenters. The van der Waals surface area contributed by atoms with Crippen LogP contribution in [-0.2, 0) is 0 Å². The van der Waals surface area contributed by atoms with Gasteiger partial charge in [0.1, 0.15) is 5.82 Å². The third kappa shape index (κ3) is 3.02. The Labute approximate surface area is 126 Å². The minimum Gasteiger partial charge on any atom is -0.408 e. The normalized spacial score (nSPS) is 14.5. The van der Waals surface area contributed by atoms with Gasteiger partial charge in [0.15, 0.2) is 5.69 Å². The number of nitrogens with one attached hydrogen (secondary N) is 1. The molecule has 0 radical (unpaired) electrons. The van der Waals surface area contributed by atoms with E-state index < -0.39 is 5.91 Å². The second-order valence-electron chi connectivity index (χ2n) is 5.25. The molecule has 1 fully saturated rings. The van der Waals surface area contributed by atoms with Crippen molar-refractivity contribution in [3.63, 3.8) is 0 Å². The van der Waals surface area contributed by atoms with Crippen LogP contribution in [-0.4, -0.2) is 26.1 Å². The molecular weight excluding hydrogens is 294 g/mol. The molecule has 0 unspecified atom stereocenters. The average Bonchev–Trinajstić information content (AvgIpc) is 3.20. The number of carbonyl (C=O) groups excluding carboxylic acids is 1. The summed E-state index contributed by atoms with van der Waals surface area (Å²) in [4.78, 5) is 20.5. The van der Waals surface area contributed by atoms with Crippen molar-refractivity contribution in [2.45, 2.75) is 38.5 Å². The van der Waals surface area contributed by atoms with Gasteiger partial charge in [-0.2, -0.15) is 0 Å². The second-order valence-corrected chi connectivity index (χ2v) is 5.66. The van der Waals surface area contributed by atoms with Gasteiger partial charge in [0.05, 0.1) is 11.2 Å². The highest BCUT2D eigenvalue weighted by Crippen LogP contribution is 2.39. The number of anilines is 1. The van der Waals surface area contributed by atoms with E-state index in [0.29, 0.717) is 17.6 Å². The number of rotatable bonds is 4. The Bertz CT molecular complexity index is 681. The van der Waals surface area contributed by atoms with Gasteiger partial charge in [0.25, 0.3) is 5.91 Å². The number of aromatic nitrogens is 4. The van der Waals surface area contributed by atoms with Gasteiger partial charge in [-0.25, -0.2) is 9.97 Å². The van der Waals surface area contributed by atoms with Crippen LogP contribution >= 0.6 is 11.6 Å². The highest BCUT2D eigenvalue weighted by atomic mass is 35.5. The van der Waals surface area contributed by atoms with Crippen molar-refractivity contribution in [3.8, 4) is 0 Å². The van der Waals surface area contributed by atoms with Crippen LogP contribution in [0.3, 0.4) is 0 Å². The summed E-state index contributed by atoms with van der Waals surface area (Å²) in [5.74, 6) is 1.04. The summed E-state index contributed by atoms with van der Waals surface area (Å²) in [6.07, 6.45) is 3.51. The zero-order valence-corrected chi connectivity index (χ0v) is 12.4. The van der Waals surface area contributed by atoms with E-state index in [1.165, 1.54) is 6.20 Å². The molecule has 110 valence electrons. The Kier molecular flexibility index (Phi) is 3.59. The van der Waals surface area contributed by atoms with E-state index in [4.69, 9.17) is 16.0 Å². The lowest BCUT2D eigenvalue weighted by Crippen LogP contribution is -2.16. The first-order chi connectivity index (χ1) is 10.0. The Morgan fingerprint density at radius 3 is 2.86 bits per heavy atom. The number of halogens is 1. The standard InChI is InChI=1S/C13H14ClN5O2/c1-6(2)10-15-5-8(14)9(16-10)11(20)17-13-19-18-12(21-13)7-3-4-7/h5-7H,3-4H2,1-2H3,(H,17,19,20). The second kappa shape index (κ2) is 5.40. The number of hydrogen-bond donors (Lipinski definition) is 1. The zero-order chi connectivity index (χ0) is 15.0. The highest BCUT2D eigenvalue weighted by Gasteiger charge is 2.29. The van der Waals surface area contributed by atoms with Crippen molar-refractivity contribution in [2.75, 3.05) is 5.32 Å². The van der Waals surface area contributed by atoms with Crippen molar-refractivity contribution in [3.05, 3.63) is 28.6 Å². The van der Waals surface area contributed by atoms with Crippen molar-refractivity contribution >= 4 is 23.5 Å². The topological polar surface area (TPSA) is 93.8 Å². The lowest BCUT2D eigenvalue weighted by Gasteiger charge is -2.07. The minimum atomic E-state index is -0.490. The molecule has 7 nitrogen and oxygen atoms in total. The molecule has 1 N–H and O–H groups in total. The summed E-state index contributed by atoms with van der Waals surface area (Å²) in [7, 11) is 0. The van der Waals surface area contributed by atoms with E-state index in [1.807, 2.05) is 13.8 Å². The van der Waals surface area contributed by atoms with Gasteiger partial charge < -0.3 is 4.42 Å². The first-order valence-electron chi connectivity index (χ1n) is 6.71. The lowest BCUT2D eigenvalue weighted by atomic mass is 10.2. The van der Waals surface area contributed by atoms with Gasteiger partial charge in [0, 0.05) is 11.8 Å². The SMILES string of the molecule is CC(C)c1ncc(Cl)c(C(=O)Nc2nnc(C3CC3)o2)n1. The average molecular weight is 308 g/mol. The number of nitrogens with zero attached hydrogens (tertiary/aromatic N) is 4. The van der Waals surface area contributed by atoms with Crippen LogP contribution in [0.25, 0.3) is 0 Å². The Morgan fingerprint density at radius 1 is 1.43 bits per heavy atom. The molecule has 0 aliphatic heterocycles. The van der Waals surface area contributed by atoms with E-state index in [0.717, 1.165) is 12.8 Å². The molecule has 8 heteroatoms. The van der Waals surface area contributed by atoms with Crippen LogP contribution in [0, 0.1) is 0 Å². The van der Waals surface area contributed by atoms with Gasteiger partial charge in [-0.15, -0.1) is 5.10 Å². The molecule has 0 bridgehead atoms. The fraction of sp³-hybridized carbons (Fsp3) is 0.462. The fourth-order valence-corrected chi connectivity index (χ4v) is 1.93.